The summed E-state index contributed by atoms with van der Waals surface area (Å²) in [6.07, 6.45) is 0.585. The number of benzene rings is 1. The molecule has 0 saturated carbocycles. The maximum absolute atomic E-state index is 11.1. The maximum atomic E-state index is 11.1. The SMILES string of the molecule is COC(=O)C(O)c1ccc2cc[nH]c2c1. The molecule has 1 aromatic carbocycles. The summed E-state index contributed by atoms with van der Waals surface area (Å²) in [6.45, 7) is 0. The standard InChI is InChI=1S/C11H11NO3/c1-15-11(14)10(13)8-3-2-7-4-5-12-9(7)6-8/h2-6,10,12-13H,1H3. The van der Waals surface area contributed by atoms with E-state index in [1.807, 2.05) is 12.1 Å². The second-order valence-electron chi connectivity index (χ2n) is 3.25. The lowest BCUT2D eigenvalue weighted by molar-refractivity contribution is -0.150. The third-order valence-corrected chi connectivity index (χ3v) is 2.32. The summed E-state index contributed by atoms with van der Waals surface area (Å²) in [5.41, 5.74) is 1.41. The zero-order valence-electron chi connectivity index (χ0n) is 8.23. The number of esters is 1. The minimum Gasteiger partial charge on any atom is -0.467 e. The molecule has 0 spiro atoms. The van der Waals surface area contributed by atoms with Crippen molar-refractivity contribution >= 4 is 16.9 Å². The number of fused-ring (bicyclic) bond motifs is 1. The van der Waals surface area contributed by atoms with Gasteiger partial charge in [0.1, 0.15) is 0 Å². The molecule has 15 heavy (non-hydrogen) atoms. The van der Waals surface area contributed by atoms with Crippen LogP contribution in [0.3, 0.4) is 0 Å². The van der Waals surface area contributed by atoms with Gasteiger partial charge in [0.25, 0.3) is 0 Å². The zero-order chi connectivity index (χ0) is 10.8. The molecule has 1 heterocycles. The van der Waals surface area contributed by atoms with Gasteiger partial charge in [-0.05, 0) is 23.1 Å². The Hall–Kier alpha value is -1.81. The summed E-state index contributed by atoms with van der Waals surface area (Å²) in [5, 5.41) is 10.6. The van der Waals surface area contributed by atoms with Crippen LogP contribution in [-0.2, 0) is 9.53 Å². The number of hydrogen-bond acceptors (Lipinski definition) is 3. The summed E-state index contributed by atoms with van der Waals surface area (Å²) in [5.74, 6) is -0.652. The Labute approximate surface area is 86.5 Å². The fourth-order valence-electron chi connectivity index (χ4n) is 1.48. The molecule has 1 aromatic heterocycles. The van der Waals surface area contributed by atoms with E-state index in [1.54, 1.807) is 18.3 Å². The first-order valence-corrected chi connectivity index (χ1v) is 4.55. The smallest absolute Gasteiger partial charge is 0.339 e. The molecule has 4 heteroatoms. The number of aliphatic hydroxyl groups is 1. The summed E-state index contributed by atoms with van der Waals surface area (Å²) in [7, 11) is 1.25. The largest absolute Gasteiger partial charge is 0.467 e. The van der Waals surface area contributed by atoms with E-state index in [-0.39, 0.29) is 0 Å². The third kappa shape index (κ3) is 1.71. The van der Waals surface area contributed by atoms with E-state index in [2.05, 4.69) is 9.72 Å². The Morgan fingerprint density at radius 1 is 1.47 bits per heavy atom. The topological polar surface area (TPSA) is 62.3 Å². The monoisotopic (exact) mass is 205 g/mol. The molecule has 0 aliphatic carbocycles. The number of carbonyl (C=O) groups is 1. The Kier molecular flexibility index (Phi) is 2.43. The van der Waals surface area contributed by atoms with Gasteiger partial charge >= 0.3 is 5.97 Å². The molecule has 1 unspecified atom stereocenters. The van der Waals surface area contributed by atoms with Gasteiger partial charge in [-0.15, -0.1) is 0 Å². The van der Waals surface area contributed by atoms with E-state index >= 15 is 0 Å². The molecular formula is C11H11NO3. The fraction of sp³-hybridized carbons (Fsp3) is 0.182. The number of ether oxygens (including phenoxy) is 1. The second-order valence-corrected chi connectivity index (χ2v) is 3.25. The van der Waals surface area contributed by atoms with E-state index in [4.69, 9.17) is 0 Å². The molecule has 0 amide bonds. The van der Waals surface area contributed by atoms with Gasteiger partial charge in [-0.2, -0.15) is 0 Å². The van der Waals surface area contributed by atoms with Crippen molar-refractivity contribution in [3.05, 3.63) is 36.0 Å². The molecule has 78 valence electrons. The fourth-order valence-corrected chi connectivity index (χ4v) is 1.48. The number of rotatable bonds is 2. The number of hydrogen-bond donors (Lipinski definition) is 2. The molecular weight excluding hydrogens is 194 g/mol. The van der Waals surface area contributed by atoms with Crippen molar-refractivity contribution in [3.8, 4) is 0 Å². The van der Waals surface area contributed by atoms with E-state index in [0.717, 1.165) is 10.9 Å². The number of carbonyl (C=O) groups excluding carboxylic acids is 1. The third-order valence-electron chi connectivity index (χ3n) is 2.32. The predicted molar refractivity (Wildman–Crippen MR) is 55.3 cm³/mol. The van der Waals surface area contributed by atoms with Crippen molar-refractivity contribution in [2.75, 3.05) is 7.11 Å². The van der Waals surface area contributed by atoms with Crippen molar-refractivity contribution in [2.24, 2.45) is 0 Å². The van der Waals surface area contributed by atoms with Crippen LogP contribution >= 0.6 is 0 Å². The van der Waals surface area contributed by atoms with E-state index < -0.39 is 12.1 Å². The van der Waals surface area contributed by atoms with Crippen molar-refractivity contribution < 1.29 is 14.6 Å². The molecule has 0 fully saturated rings. The van der Waals surface area contributed by atoms with Crippen LogP contribution in [0.1, 0.15) is 11.7 Å². The van der Waals surface area contributed by atoms with Gasteiger partial charge in [0.15, 0.2) is 6.10 Å². The van der Waals surface area contributed by atoms with Gasteiger partial charge in [0.05, 0.1) is 7.11 Å². The first-order chi connectivity index (χ1) is 7.22. The Balaban J connectivity index is 2.39. The molecule has 0 aliphatic heterocycles. The van der Waals surface area contributed by atoms with Crippen LogP contribution in [-0.4, -0.2) is 23.2 Å². The second kappa shape index (κ2) is 3.74. The molecule has 0 saturated heterocycles. The number of H-pyrrole nitrogens is 1. The number of aliphatic hydroxyl groups excluding tert-OH is 1. The van der Waals surface area contributed by atoms with Crippen LogP contribution in [0, 0.1) is 0 Å². The van der Waals surface area contributed by atoms with Crippen LogP contribution in [0.2, 0.25) is 0 Å². The van der Waals surface area contributed by atoms with E-state index in [0.29, 0.717) is 5.56 Å². The first kappa shape index (κ1) is 9.73. The zero-order valence-corrected chi connectivity index (χ0v) is 8.23. The first-order valence-electron chi connectivity index (χ1n) is 4.55. The van der Waals surface area contributed by atoms with Gasteiger partial charge in [-0.3, -0.25) is 0 Å². The number of aromatic amines is 1. The lowest BCUT2D eigenvalue weighted by Gasteiger charge is -2.08. The van der Waals surface area contributed by atoms with Crippen LogP contribution in [0.5, 0.6) is 0 Å². The lowest BCUT2D eigenvalue weighted by Crippen LogP contribution is -2.13. The molecule has 1 atom stereocenters. The summed E-state index contributed by atoms with van der Waals surface area (Å²) in [4.78, 5) is 14.1. The highest BCUT2D eigenvalue weighted by atomic mass is 16.5. The molecule has 0 bridgehead atoms. The van der Waals surface area contributed by atoms with Crippen LogP contribution in [0.4, 0.5) is 0 Å². The summed E-state index contributed by atoms with van der Waals surface area (Å²) < 4.78 is 4.46. The molecule has 0 radical (unpaired) electrons. The van der Waals surface area contributed by atoms with E-state index in [9.17, 15) is 9.90 Å². The molecule has 2 N–H and O–H groups in total. The quantitative estimate of drug-likeness (QED) is 0.728. The molecule has 2 aromatic rings. The van der Waals surface area contributed by atoms with Crippen molar-refractivity contribution in [1.29, 1.82) is 0 Å². The Bertz CT molecular complexity index is 489. The van der Waals surface area contributed by atoms with E-state index in [1.165, 1.54) is 7.11 Å². The lowest BCUT2D eigenvalue weighted by atomic mass is 10.1. The molecule has 2 rings (SSSR count). The molecule has 4 nitrogen and oxygen atoms in total. The van der Waals surface area contributed by atoms with Crippen molar-refractivity contribution in [1.82, 2.24) is 4.98 Å². The van der Waals surface area contributed by atoms with Crippen molar-refractivity contribution in [2.45, 2.75) is 6.10 Å². The van der Waals surface area contributed by atoms with Crippen LogP contribution in [0.25, 0.3) is 10.9 Å². The predicted octanol–water partition coefficient (Wildman–Crippen LogP) is 1.37. The van der Waals surface area contributed by atoms with Gasteiger partial charge in [0.2, 0.25) is 0 Å². The normalized spacial score (nSPS) is 12.7. The highest BCUT2D eigenvalue weighted by molar-refractivity contribution is 5.83. The highest BCUT2D eigenvalue weighted by Gasteiger charge is 2.17. The Morgan fingerprint density at radius 2 is 2.27 bits per heavy atom. The van der Waals surface area contributed by atoms with Crippen molar-refractivity contribution in [3.63, 3.8) is 0 Å². The number of nitrogens with one attached hydrogen (secondary N) is 1. The van der Waals surface area contributed by atoms with Gasteiger partial charge in [-0.1, -0.05) is 12.1 Å². The van der Waals surface area contributed by atoms with Gasteiger partial charge in [0, 0.05) is 11.7 Å². The highest BCUT2D eigenvalue weighted by Crippen LogP contribution is 2.20. The van der Waals surface area contributed by atoms with Gasteiger partial charge < -0.3 is 14.8 Å². The summed E-state index contributed by atoms with van der Waals surface area (Å²) in [6, 6.07) is 7.20. The maximum Gasteiger partial charge on any atom is 0.339 e. The summed E-state index contributed by atoms with van der Waals surface area (Å²) >= 11 is 0. The average molecular weight is 205 g/mol. The minimum absolute atomic E-state index is 0.525. The Morgan fingerprint density at radius 3 is 3.00 bits per heavy atom. The number of aromatic nitrogens is 1. The molecule has 0 aliphatic rings. The van der Waals surface area contributed by atoms with Gasteiger partial charge in [-0.25, -0.2) is 4.79 Å². The number of methoxy groups -OCH3 is 1. The minimum atomic E-state index is -1.22. The van der Waals surface area contributed by atoms with Crippen LogP contribution < -0.4 is 0 Å². The average Bonchev–Trinajstić information content (AvgIpc) is 2.73. The van der Waals surface area contributed by atoms with Crippen LogP contribution in [0.15, 0.2) is 30.5 Å².